The van der Waals surface area contributed by atoms with Crippen LogP contribution in [0.5, 0.6) is 0 Å². The zero-order valence-corrected chi connectivity index (χ0v) is 19.5. The highest BCUT2D eigenvalue weighted by atomic mass is 16.3. The highest BCUT2D eigenvalue weighted by molar-refractivity contribution is 5.88. The summed E-state index contributed by atoms with van der Waals surface area (Å²) in [6, 6.07) is 18.0. The molecule has 0 unspecified atom stereocenters. The van der Waals surface area contributed by atoms with Crippen LogP contribution in [0.25, 0.3) is 0 Å². The quantitative estimate of drug-likeness (QED) is 0.718. The number of hydrogen-bond donors (Lipinski definition) is 1. The van der Waals surface area contributed by atoms with Gasteiger partial charge in [0.25, 0.3) is 0 Å². The third-order valence-electron chi connectivity index (χ3n) is 7.68. The van der Waals surface area contributed by atoms with E-state index in [4.69, 9.17) is 0 Å². The lowest BCUT2D eigenvalue weighted by Gasteiger charge is -2.59. The van der Waals surface area contributed by atoms with Crippen molar-refractivity contribution in [2.75, 3.05) is 19.7 Å². The molecular formula is C29H32N2O3. The zero-order valence-electron chi connectivity index (χ0n) is 19.5. The van der Waals surface area contributed by atoms with E-state index in [0.29, 0.717) is 13.0 Å². The molecule has 34 heavy (non-hydrogen) atoms. The fourth-order valence-corrected chi connectivity index (χ4v) is 5.91. The fourth-order valence-electron chi connectivity index (χ4n) is 5.91. The first-order valence-corrected chi connectivity index (χ1v) is 12.5. The molecular weight excluding hydrogens is 424 g/mol. The maximum absolute atomic E-state index is 13.1. The Morgan fingerprint density at radius 1 is 1.00 bits per heavy atom. The van der Waals surface area contributed by atoms with Crippen molar-refractivity contribution >= 4 is 11.8 Å². The van der Waals surface area contributed by atoms with Crippen LogP contribution in [0.3, 0.4) is 0 Å². The molecule has 0 aromatic heterocycles. The van der Waals surface area contributed by atoms with E-state index in [1.54, 1.807) is 4.90 Å². The second-order valence-corrected chi connectivity index (χ2v) is 9.78. The van der Waals surface area contributed by atoms with E-state index in [0.717, 1.165) is 36.8 Å². The Balaban J connectivity index is 1.28. The highest BCUT2D eigenvalue weighted by Crippen LogP contribution is 2.43. The monoisotopic (exact) mass is 456 g/mol. The van der Waals surface area contributed by atoms with Gasteiger partial charge in [-0.2, -0.15) is 0 Å². The summed E-state index contributed by atoms with van der Waals surface area (Å²) in [6.07, 6.45) is 5.99. The van der Waals surface area contributed by atoms with E-state index in [1.807, 2.05) is 35.2 Å². The van der Waals surface area contributed by atoms with Crippen LogP contribution in [-0.2, 0) is 16.0 Å². The number of benzene rings is 2. The normalized spacial score (nSPS) is 24.6. The van der Waals surface area contributed by atoms with Crippen molar-refractivity contribution in [3.05, 3.63) is 71.3 Å². The smallest absolute Gasteiger partial charge is 0.242 e. The molecule has 2 heterocycles. The number of aliphatic hydroxyl groups excluding tert-OH is 1. The van der Waals surface area contributed by atoms with Gasteiger partial charge in [-0.1, -0.05) is 73.6 Å². The fraction of sp³-hybridized carbons (Fsp3) is 0.448. The molecule has 2 aliphatic heterocycles. The van der Waals surface area contributed by atoms with Gasteiger partial charge in [0.05, 0.1) is 25.2 Å². The van der Waals surface area contributed by atoms with Gasteiger partial charge in [-0.15, -0.1) is 0 Å². The first-order valence-electron chi connectivity index (χ1n) is 12.5. The third-order valence-corrected chi connectivity index (χ3v) is 7.68. The summed E-state index contributed by atoms with van der Waals surface area (Å²) >= 11 is 0. The summed E-state index contributed by atoms with van der Waals surface area (Å²) < 4.78 is 0. The second-order valence-electron chi connectivity index (χ2n) is 9.78. The molecule has 5 rings (SSSR count). The average molecular weight is 457 g/mol. The molecule has 1 saturated carbocycles. The van der Waals surface area contributed by atoms with Gasteiger partial charge in [0.1, 0.15) is 0 Å². The summed E-state index contributed by atoms with van der Waals surface area (Å²) in [7, 11) is 0. The first kappa shape index (κ1) is 22.7. The molecule has 5 nitrogen and oxygen atoms in total. The van der Waals surface area contributed by atoms with Crippen molar-refractivity contribution in [3.8, 4) is 11.8 Å². The van der Waals surface area contributed by atoms with Gasteiger partial charge in [-0.25, -0.2) is 0 Å². The molecule has 1 N–H and O–H groups in total. The number of rotatable bonds is 4. The molecule has 2 amide bonds. The number of hydrogen-bond acceptors (Lipinski definition) is 3. The molecule has 0 bridgehead atoms. The summed E-state index contributed by atoms with van der Waals surface area (Å²) in [6.45, 7) is 0.633. The second kappa shape index (κ2) is 10.0. The molecule has 3 aliphatic rings. The summed E-state index contributed by atoms with van der Waals surface area (Å²) in [5.74, 6) is 6.65. The van der Waals surface area contributed by atoms with Crippen LogP contribution in [-0.4, -0.2) is 58.5 Å². The SMILES string of the molecule is O=C(C1CCCCC1)N1CC(=O)N2[C@@H](CO)[C@@H](c3ccc(C#CCc4ccccc4)cc3)[C@@H]2C1. The van der Waals surface area contributed by atoms with Gasteiger partial charge in [0, 0.05) is 30.4 Å². The van der Waals surface area contributed by atoms with Crippen LogP contribution in [0.2, 0.25) is 0 Å². The molecule has 2 aromatic carbocycles. The van der Waals surface area contributed by atoms with Crippen LogP contribution in [0.4, 0.5) is 0 Å². The van der Waals surface area contributed by atoms with Crippen LogP contribution in [0.1, 0.15) is 54.7 Å². The summed E-state index contributed by atoms with van der Waals surface area (Å²) in [5, 5.41) is 10.0. The Morgan fingerprint density at radius 3 is 2.44 bits per heavy atom. The van der Waals surface area contributed by atoms with Crippen LogP contribution >= 0.6 is 0 Å². The van der Waals surface area contributed by atoms with E-state index >= 15 is 0 Å². The topological polar surface area (TPSA) is 60.9 Å². The van der Waals surface area contributed by atoms with Gasteiger partial charge >= 0.3 is 0 Å². The number of carbonyl (C=O) groups excluding carboxylic acids is 2. The minimum atomic E-state index is -0.223. The van der Waals surface area contributed by atoms with Gasteiger partial charge in [-0.05, 0) is 36.1 Å². The molecule has 176 valence electrons. The van der Waals surface area contributed by atoms with Crippen molar-refractivity contribution in [1.82, 2.24) is 9.80 Å². The predicted octanol–water partition coefficient (Wildman–Crippen LogP) is 3.36. The van der Waals surface area contributed by atoms with Crippen LogP contribution in [0, 0.1) is 17.8 Å². The molecule has 5 heteroatoms. The van der Waals surface area contributed by atoms with Crippen molar-refractivity contribution < 1.29 is 14.7 Å². The molecule has 3 fully saturated rings. The van der Waals surface area contributed by atoms with E-state index in [-0.39, 0.29) is 48.9 Å². The lowest BCUT2D eigenvalue weighted by Crippen LogP contribution is -2.73. The lowest BCUT2D eigenvalue weighted by molar-refractivity contribution is -0.168. The standard InChI is InChI=1S/C29H32N2O3/c32-20-26-28(23-16-14-22(15-17-23)11-7-10-21-8-3-1-4-9-21)25-18-30(19-27(33)31(25)26)29(34)24-12-5-2-6-13-24/h1,3-4,8-9,14-17,24-26,28,32H,2,5-6,10,12-13,18-20H2/t25-,26-,28-/m0/s1. The number of carbonyl (C=O) groups is 2. The number of amides is 2. The van der Waals surface area contributed by atoms with Gasteiger partial charge < -0.3 is 14.9 Å². The van der Waals surface area contributed by atoms with Crippen LogP contribution < -0.4 is 0 Å². The lowest BCUT2D eigenvalue weighted by atomic mass is 9.73. The largest absolute Gasteiger partial charge is 0.394 e. The predicted molar refractivity (Wildman–Crippen MR) is 131 cm³/mol. The Hall–Kier alpha value is -3.10. The Labute approximate surface area is 201 Å². The van der Waals surface area contributed by atoms with Gasteiger partial charge in [0.2, 0.25) is 11.8 Å². The van der Waals surface area contributed by atoms with Crippen molar-refractivity contribution in [2.45, 2.75) is 56.5 Å². The van der Waals surface area contributed by atoms with Gasteiger partial charge in [-0.3, -0.25) is 9.59 Å². The third kappa shape index (κ3) is 4.48. The molecule has 2 saturated heterocycles. The number of fused-ring (bicyclic) bond motifs is 1. The number of aliphatic hydroxyl groups is 1. The molecule has 2 aromatic rings. The van der Waals surface area contributed by atoms with E-state index in [2.05, 4.69) is 36.1 Å². The summed E-state index contributed by atoms with van der Waals surface area (Å²) in [5.41, 5.74) is 3.24. The average Bonchev–Trinajstić information content (AvgIpc) is 2.87. The van der Waals surface area contributed by atoms with Crippen molar-refractivity contribution in [1.29, 1.82) is 0 Å². The zero-order chi connectivity index (χ0) is 23.5. The minimum absolute atomic E-state index is 0.0298. The van der Waals surface area contributed by atoms with E-state index in [1.165, 1.54) is 12.0 Å². The molecule has 1 aliphatic carbocycles. The number of nitrogens with zero attached hydrogens (tertiary/aromatic N) is 2. The Kier molecular flexibility index (Phi) is 6.69. The van der Waals surface area contributed by atoms with Gasteiger partial charge in [0.15, 0.2) is 0 Å². The molecule has 3 atom stereocenters. The van der Waals surface area contributed by atoms with E-state index < -0.39 is 0 Å². The highest BCUT2D eigenvalue weighted by Gasteiger charge is 2.54. The Morgan fingerprint density at radius 2 is 1.74 bits per heavy atom. The number of piperazine rings is 1. The first-order chi connectivity index (χ1) is 16.7. The maximum atomic E-state index is 13.1. The van der Waals surface area contributed by atoms with E-state index in [9.17, 15) is 14.7 Å². The van der Waals surface area contributed by atoms with Crippen molar-refractivity contribution in [3.63, 3.8) is 0 Å². The van der Waals surface area contributed by atoms with Crippen molar-refractivity contribution in [2.24, 2.45) is 5.92 Å². The maximum Gasteiger partial charge on any atom is 0.242 e. The summed E-state index contributed by atoms with van der Waals surface area (Å²) in [4.78, 5) is 29.6. The minimum Gasteiger partial charge on any atom is -0.394 e. The Bertz CT molecular complexity index is 1080. The molecule has 0 spiro atoms. The molecule has 0 radical (unpaired) electrons. The van der Waals surface area contributed by atoms with Crippen LogP contribution in [0.15, 0.2) is 54.6 Å².